The van der Waals surface area contributed by atoms with Crippen LogP contribution in [0.3, 0.4) is 0 Å². The second-order valence-corrected chi connectivity index (χ2v) is 8.01. The molecule has 0 aromatic carbocycles. The Morgan fingerprint density at radius 2 is 2.10 bits per heavy atom. The second kappa shape index (κ2) is 6.89. The highest BCUT2D eigenvalue weighted by atomic mass is 32.2. The Morgan fingerprint density at radius 1 is 1.38 bits per heavy atom. The van der Waals surface area contributed by atoms with Crippen LogP contribution in [0.5, 0.6) is 0 Å². The third-order valence-corrected chi connectivity index (χ3v) is 5.59. The van der Waals surface area contributed by atoms with Gasteiger partial charge in [0.15, 0.2) is 0 Å². The normalized spacial score (nSPS) is 18.2. The van der Waals surface area contributed by atoms with Crippen molar-refractivity contribution in [2.24, 2.45) is 5.41 Å². The van der Waals surface area contributed by atoms with Gasteiger partial charge in [0.25, 0.3) is 0 Å². The number of rotatable bonds is 8. The van der Waals surface area contributed by atoms with Crippen LogP contribution in [-0.4, -0.2) is 38.3 Å². The van der Waals surface area contributed by atoms with Gasteiger partial charge < -0.3 is 5.32 Å². The van der Waals surface area contributed by atoms with E-state index in [0.717, 1.165) is 25.8 Å². The van der Waals surface area contributed by atoms with Gasteiger partial charge in [0.05, 0.1) is 6.20 Å². The zero-order valence-electron chi connectivity index (χ0n) is 12.9. The predicted molar refractivity (Wildman–Crippen MR) is 82.5 cm³/mol. The summed E-state index contributed by atoms with van der Waals surface area (Å²) >= 11 is 0. The van der Waals surface area contributed by atoms with Crippen LogP contribution < -0.4 is 10.0 Å². The van der Waals surface area contributed by atoms with Crippen LogP contribution in [0.2, 0.25) is 0 Å². The lowest BCUT2D eigenvalue weighted by atomic mass is 9.89. The fourth-order valence-electron chi connectivity index (χ4n) is 2.78. The van der Waals surface area contributed by atoms with Crippen molar-refractivity contribution < 1.29 is 8.42 Å². The van der Waals surface area contributed by atoms with E-state index in [1.165, 1.54) is 19.0 Å². The Labute approximate surface area is 127 Å². The summed E-state index contributed by atoms with van der Waals surface area (Å²) in [4.78, 5) is 0.258. The van der Waals surface area contributed by atoms with E-state index in [1.807, 2.05) is 7.05 Å². The molecule has 7 heteroatoms. The minimum atomic E-state index is -3.44. The summed E-state index contributed by atoms with van der Waals surface area (Å²) in [5.41, 5.74) is 0.107. The highest BCUT2D eigenvalue weighted by Crippen LogP contribution is 2.36. The number of nitrogens with zero attached hydrogens (tertiary/aromatic N) is 2. The van der Waals surface area contributed by atoms with E-state index < -0.39 is 10.0 Å². The first-order valence-corrected chi connectivity index (χ1v) is 9.10. The van der Waals surface area contributed by atoms with E-state index in [2.05, 4.69) is 22.1 Å². The van der Waals surface area contributed by atoms with Gasteiger partial charge in [-0.25, -0.2) is 13.1 Å². The van der Waals surface area contributed by atoms with Crippen molar-refractivity contribution in [2.45, 2.75) is 50.5 Å². The number of sulfonamides is 1. The van der Waals surface area contributed by atoms with Crippen molar-refractivity contribution in [3.05, 3.63) is 12.4 Å². The van der Waals surface area contributed by atoms with Crippen molar-refractivity contribution in [1.29, 1.82) is 0 Å². The van der Waals surface area contributed by atoms with E-state index in [-0.39, 0.29) is 10.3 Å². The third-order valence-electron chi connectivity index (χ3n) is 4.23. The van der Waals surface area contributed by atoms with Crippen LogP contribution in [0.1, 0.15) is 39.0 Å². The van der Waals surface area contributed by atoms with Crippen LogP contribution in [0.25, 0.3) is 0 Å². The number of hydrogen-bond donors (Lipinski definition) is 2. The monoisotopic (exact) mass is 314 g/mol. The first kappa shape index (κ1) is 16.5. The summed E-state index contributed by atoms with van der Waals surface area (Å²) in [7, 11) is -1.55. The SMILES string of the molecule is CNCCCn1cc(S(=O)(=O)NCC2(C)CCCC2)cn1. The Morgan fingerprint density at radius 3 is 2.76 bits per heavy atom. The second-order valence-electron chi connectivity index (χ2n) is 6.24. The van der Waals surface area contributed by atoms with Gasteiger partial charge >= 0.3 is 0 Å². The first-order chi connectivity index (χ1) is 9.95. The van der Waals surface area contributed by atoms with Gasteiger partial charge in [-0.3, -0.25) is 4.68 Å². The third kappa shape index (κ3) is 4.52. The Balaban J connectivity index is 1.92. The molecule has 1 aliphatic rings. The Kier molecular flexibility index (Phi) is 5.40. The van der Waals surface area contributed by atoms with Crippen molar-refractivity contribution in [1.82, 2.24) is 19.8 Å². The van der Waals surface area contributed by atoms with Gasteiger partial charge in [0.2, 0.25) is 10.0 Å². The standard InChI is InChI=1S/C14H26N4O2S/c1-14(6-3-4-7-14)12-17-21(19,20)13-10-16-18(11-13)9-5-8-15-2/h10-11,15,17H,3-9,12H2,1-2H3. The highest BCUT2D eigenvalue weighted by Gasteiger charge is 2.30. The largest absolute Gasteiger partial charge is 0.320 e. The van der Waals surface area contributed by atoms with Gasteiger partial charge in [-0.1, -0.05) is 19.8 Å². The van der Waals surface area contributed by atoms with Gasteiger partial charge in [0, 0.05) is 19.3 Å². The highest BCUT2D eigenvalue weighted by molar-refractivity contribution is 7.89. The summed E-state index contributed by atoms with van der Waals surface area (Å²) in [5.74, 6) is 0. The molecule has 21 heavy (non-hydrogen) atoms. The molecule has 1 aromatic rings. The van der Waals surface area contributed by atoms with E-state index in [4.69, 9.17) is 0 Å². The molecule has 2 rings (SSSR count). The van der Waals surface area contributed by atoms with Crippen LogP contribution in [-0.2, 0) is 16.6 Å². The fraction of sp³-hybridized carbons (Fsp3) is 0.786. The Hall–Kier alpha value is -0.920. The quantitative estimate of drug-likeness (QED) is 0.710. The van der Waals surface area contributed by atoms with Crippen LogP contribution in [0.4, 0.5) is 0 Å². The molecule has 6 nitrogen and oxygen atoms in total. The lowest BCUT2D eigenvalue weighted by molar-refractivity contribution is 0.336. The predicted octanol–water partition coefficient (Wildman–Crippen LogP) is 1.35. The molecule has 1 aliphatic carbocycles. The average molecular weight is 314 g/mol. The molecule has 0 unspecified atom stereocenters. The number of aromatic nitrogens is 2. The molecule has 1 heterocycles. The van der Waals surface area contributed by atoms with Gasteiger partial charge in [-0.2, -0.15) is 5.10 Å². The van der Waals surface area contributed by atoms with Gasteiger partial charge in [-0.05, 0) is 38.3 Å². The first-order valence-electron chi connectivity index (χ1n) is 7.62. The fourth-order valence-corrected chi connectivity index (χ4v) is 3.93. The Bertz CT molecular complexity index is 547. The van der Waals surface area contributed by atoms with Gasteiger partial charge in [0.1, 0.15) is 4.90 Å². The average Bonchev–Trinajstić information content (AvgIpc) is 3.07. The summed E-state index contributed by atoms with van der Waals surface area (Å²) < 4.78 is 29.0. The lowest BCUT2D eigenvalue weighted by Crippen LogP contribution is -2.34. The van der Waals surface area contributed by atoms with Crippen LogP contribution in [0.15, 0.2) is 17.3 Å². The number of aryl methyl sites for hydroxylation is 1. The number of nitrogens with one attached hydrogen (secondary N) is 2. The molecular weight excluding hydrogens is 288 g/mol. The maximum Gasteiger partial charge on any atom is 0.243 e. The summed E-state index contributed by atoms with van der Waals surface area (Å²) in [6.07, 6.45) is 8.54. The summed E-state index contributed by atoms with van der Waals surface area (Å²) in [6, 6.07) is 0. The molecule has 0 radical (unpaired) electrons. The molecule has 0 atom stereocenters. The van der Waals surface area contributed by atoms with Crippen molar-refractivity contribution in [3.63, 3.8) is 0 Å². The molecule has 120 valence electrons. The molecular formula is C14H26N4O2S. The zero-order chi connectivity index (χ0) is 15.3. The maximum absolute atomic E-state index is 12.3. The van der Waals surface area contributed by atoms with E-state index >= 15 is 0 Å². The molecule has 1 aromatic heterocycles. The molecule has 0 aliphatic heterocycles. The van der Waals surface area contributed by atoms with Gasteiger partial charge in [-0.15, -0.1) is 0 Å². The van der Waals surface area contributed by atoms with E-state index in [9.17, 15) is 8.42 Å². The minimum Gasteiger partial charge on any atom is -0.320 e. The molecule has 0 saturated heterocycles. The molecule has 1 saturated carbocycles. The van der Waals surface area contributed by atoms with E-state index in [1.54, 1.807) is 10.9 Å². The minimum absolute atomic E-state index is 0.107. The number of hydrogen-bond acceptors (Lipinski definition) is 4. The summed E-state index contributed by atoms with van der Waals surface area (Å²) in [6.45, 7) is 4.27. The zero-order valence-corrected chi connectivity index (χ0v) is 13.7. The van der Waals surface area contributed by atoms with E-state index in [0.29, 0.717) is 13.1 Å². The maximum atomic E-state index is 12.3. The van der Waals surface area contributed by atoms with Crippen molar-refractivity contribution in [3.8, 4) is 0 Å². The van der Waals surface area contributed by atoms with Crippen molar-refractivity contribution in [2.75, 3.05) is 20.1 Å². The smallest absolute Gasteiger partial charge is 0.243 e. The lowest BCUT2D eigenvalue weighted by Gasteiger charge is -2.23. The van der Waals surface area contributed by atoms with Crippen LogP contribution >= 0.6 is 0 Å². The molecule has 1 fully saturated rings. The molecule has 2 N–H and O–H groups in total. The van der Waals surface area contributed by atoms with Crippen molar-refractivity contribution >= 4 is 10.0 Å². The topological polar surface area (TPSA) is 76.0 Å². The molecule has 0 amide bonds. The summed E-state index contributed by atoms with van der Waals surface area (Å²) in [5, 5.41) is 7.18. The van der Waals surface area contributed by atoms with Crippen LogP contribution in [0, 0.1) is 5.41 Å². The molecule has 0 bridgehead atoms. The molecule has 0 spiro atoms.